The van der Waals surface area contributed by atoms with E-state index in [9.17, 15) is 4.79 Å². The highest BCUT2D eigenvalue weighted by Gasteiger charge is 2.28. The maximum Gasteiger partial charge on any atom is 0.241 e. The van der Waals surface area contributed by atoms with Gasteiger partial charge in [0, 0.05) is 12.1 Å². The fourth-order valence-electron chi connectivity index (χ4n) is 4.25. The van der Waals surface area contributed by atoms with Crippen molar-refractivity contribution in [3.8, 4) is 11.4 Å². The molecule has 31 heavy (non-hydrogen) atoms. The number of carbonyl (C=O) groups is 1. The highest BCUT2D eigenvalue weighted by molar-refractivity contribution is 5.79. The van der Waals surface area contributed by atoms with Crippen molar-refractivity contribution >= 4 is 5.91 Å². The van der Waals surface area contributed by atoms with E-state index in [1.165, 1.54) is 0 Å². The summed E-state index contributed by atoms with van der Waals surface area (Å²) in [5.41, 5.74) is 3.26. The molecule has 3 aromatic rings. The monoisotopic (exact) mass is 418 g/mol. The number of likely N-dealkylation sites (tertiary alicyclic amines) is 1. The number of carbonyl (C=O) groups excluding carboxylic acids is 1. The second-order valence-electron chi connectivity index (χ2n) is 8.28. The fourth-order valence-corrected chi connectivity index (χ4v) is 4.25. The minimum atomic E-state index is -0.0229. The zero-order valence-corrected chi connectivity index (χ0v) is 18.3. The summed E-state index contributed by atoms with van der Waals surface area (Å²) in [6.45, 7) is 6.35. The first-order valence-corrected chi connectivity index (χ1v) is 11.1. The van der Waals surface area contributed by atoms with Crippen molar-refractivity contribution in [3.05, 3.63) is 71.6 Å². The number of rotatable bonds is 7. The van der Waals surface area contributed by atoms with Gasteiger partial charge >= 0.3 is 0 Å². The summed E-state index contributed by atoms with van der Waals surface area (Å²) >= 11 is 0. The third-order valence-corrected chi connectivity index (χ3v) is 6.02. The summed E-state index contributed by atoms with van der Waals surface area (Å²) in [6.07, 6.45) is 2.76. The van der Waals surface area contributed by atoms with Crippen molar-refractivity contribution in [2.45, 2.75) is 45.7 Å². The summed E-state index contributed by atoms with van der Waals surface area (Å²) in [5, 5.41) is 7.41. The number of amides is 1. The fraction of sp³-hybridized carbons (Fsp3) is 0.400. The standard InChI is InChI=1S/C25H30N4O2/c1-3-22(19-11-5-4-6-12-19)26-25(30)20-13-9-15-29(16-20)17-23-27-24(28-31-23)21-14-8-7-10-18(21)2/h4-8,10-12,14,20,22H,3,9,13,15-17H2,1-2H3,(H,26,30). The number of hydrogen-bond donors (Lipinski definition) is 1. The van der Waals surface area contributed by atoms with Crippen LogP contribution >= 0.6 is 0 Å². The average Bonchev–Trinajstić information content (AvgIpc) is 3.26. The molecule has 6 nitrogen and oxygen atoms in total. The third-order valence-electron chi connectivity index (χ3n) is 6.02. The van der Waals surface area contributed by atoms with E-state index in [1.54, 1.807) is 0 Å². The minimum absolute atomic E-state index is 0.0229. The molecule has 2 heterocycles. The van der Waals surface area contributed by atoms with E-state index < -0.39 is 0 Å². The van der Waals surface area contributed by atoms with Gasteiger partial charge in [0.05, 0.1) is 18.5 Å². The number of nitrogens with one attached hydrogen (secondary N) is 1. The SMILES string of the molecule is CCC(NC(=O)C1CCCN(Cc2nc(-c3ccccc3C)no2)C1)c1ccccc1. The van der Waals surface area contributed by atoms with Gasteiger partial charge in [-0.2, -0.15) is 4.98 Å². The van der Waals surface area contributed by atoms with E-state index in [-0.39, 0.29) is 17.9 Å². The molecule has 1 saturated heterocycles. The molecule has 2 unspecified atom stereocenters. The largest absolute Gasteiger partial charge is 0.349 e. The quantitative estimate of drug-likeness (QED) is 0.611. The predicted octanol–water partition coefficient (Wildman–Crippen LogP) is 4.52. The summed E-state index contributed by atoms with van der Waals surface area (Å²) < 4.78 is 5.51. The molecule has 162 valence electrons. The van der Waals surface area contributed by atoms with Gasteiger partial charge < -0.3 is 9.84 Å². The maximum absolute atomic E-state index is 13.0. The zero-order chi connectivity index (χ0) is 21.6. The van der Waals surface area contributed by atoms with Gasteiger partial charge in [0.15, 0.2) is 0 Å². The lowest BCUT2D eigenvalue weighted by molar-refractivity contribution is -0.127. The van der Waals surface area contributed by atoms with E-state index in [4.69, 9.17) is 4.52 Å². The molecule has 1 aliphatic rings. The summed E-state index contributed by atoms with van der Waals surface area (Å²) in [5.74, 6) is 1.32. The number of piperidine rings is 1. The molecule has 1 N–H and O–H groups in total. The highest BCUT2D eigenvalue weighted by atomic mass is 16.5. The second kappa shape index (κ2) is 9.88. The van der Waals surface area contributed by atoms with Gasteiger partial charge in [0.2, 0.25) is 17.6 Å². The van der Waals surface area contributed by atoms with Crippen LogP contribution in [0.1, 0.15) is 49.2 Å². The van der Waals surface area contributed by atoms with Crippen LogP contribution < -0.4 is 5.32 Å². The summed E-state index contributed by atoms with van der Waals surface area (Å²) in [6, 6.07) is 18.2. The predicted molar refractivity (Wildman–Crippen MR) is 120 cm³/mol. The van der Waals surface area contributed by atoms with Crippen LogP contribution in [0.25, 0.3) is 11.4 Å². The first kappa shape index (κ1) is 21.2. The summed E-state index contributed by atoms with van der Waals surface area (Å²) in [7, 11) is 0. The van der Waals surface area contributed by atoms with Gasteiger partial charge in [-0.25, -0.2) is 0 Å². The molecular formula is C25H30N4O2. The minimum Gasteiger partial charge on any atom is -0.349 e. The van der Waals surface area contributed by atoms with Gasteiger partial charge in [-0.3, -0.25) is 9.69 Å². The van der Waals surface area contributed by atoms with E-state index in [0.29, 0.717) is 24.8 Å². The van der Waals surface area contributed by atoms with Gasteiger partial charge in [-0.05, 0) is 43.9 Å². The Bertz CT molecular complexity index is 1000. The van der Waals surface area contributed by atoms with Crippen molar-refractivity contribution in [2.75, 3.05) is 13.1 Å². The van der Waals surface area contributed by atoms with Crippen molar-refractivity contribution in [2.24, 2.45) is 5.92 Å². The lowest BCUT2D eigenvalue weighted by atomic mass is 9.95. The molecule has 1 aromatic heterocycles. The number of nitrogens with zero attached hydrogens (tertiary/aromatic N) is 3. The molecule has 1 aliphatic heterocycles. The van der Waals surface area contributed by atoms with Crippen LogP contribution in [0.2, 0.25) is 0 Å². The number of benzene rings is 2. The molecule has 0 radical (unpaired) electrons. The van der Waals surface area contributed by atoms with Gasteiger partial charge in [-0.1, -0.05) is 66.7 Å². The van der Waals surface area contributed by atoms with Gasteiger partial charge in [0.25, 0.3) is 0 Å². The van der Waals surface area contributed by atoms with E-state index in [2.05, 4.69) is 39.4 Å². The average molecular weight is 419 g/mol. The lowest BCUT2D eigenvalue weighted by Crippen LogP contribution is -2.43. The van der Waals surface area contributed by atoms with Crippen LogP contribution in [0, 0.1) is 12.8 Å². The van der Waals surface area contributed by atoms with Crippen molar-refractivity contribution in [3.63, 3.8) is 0 Å². The molecule has 0 spiro atoms. The summed E-state index contributed by atoms with van der Waals surface area (Å²) in [4.78, 5) is 19.8. The topological polar surface area (TPSA) is 71.3 Å². The Balaban J connectivity index is 1.36. The van der Waals surface area contributed by atoms with Crippen molar-refractivity contribution in [1.82, 2.24) is 20.4 Å². The molecule has 0 saturated carbocycles. The van der Waals surface area contributed by atoms with Gasteiger partial charge in [-0.15, -0.1) is 0 Å². The molecule has 0 aliphatic carbocycles. The normalized spacial score (nSPS) is 17.9. The van der Waals surface area contributed by atoms with Crippen LogP contribution in [-0.2, 0) is 11.3 Å². The first-order chi connectivity index (χ1) is 15.1. The molecule has 1 amide bonds. The Kier molecular flexibility index (Phi) is 6.77. The van der Waals surface area contributed by atoms with Crippen LogP contribution in [0.3, 0.4) is 0 Å². The molecule has 0 bridgehead atoms. The third kappa shape index (κ3) is 5.20. The van der Waals surface area contributed by atoms with Crippen LogP contribution in [0.4, 0.5) is 0 Å². The Morgan fingerprint density at radius 1 is 1.19 bits per heavy atom. The van der Waals surface area contributed by atoms with Gasteiger partial charge in [0.1, 0.15) is 0 Å². The second-order valence-corrected chi connectivity index (χ2v) is 8.28. The van der Waals surface area contributed by atoms with Crippen LogP contribution in [0.15, 0.2) is 59.1 Å². The van der Waals surface area contributed by atoms with E-state index >= 15 is 0 Å². The smallest absolute Gasteiger partial charge is 0.241 e. The van der Waals surface area contributed by atoms with Crippen molar-refractivity contribution < 1.29 is 9.32 Å². The molecular weight excluding hydrogens is 388 g/mol. The van der Waals surface area contributed by atoms with Crippen molar-refractivity contribution in [1.29, 1.82) is 0 Å². The molecule has 2 atom stereocenters. The highest BCUT2D eigenvalue weighted by Crippen LogP contribution is 2.23. The molecule has 1 fully saturated rings. The Morgan fingerprint density at radius 3 is 2.74 bits per heavy atom. The Labute approximate surface area is 183 Å². The molecule has 6 heteroatoms. The number of aryl methyl sites for hydroxylation is 1. The number of hydrogen-bond acceptors (Lipinski definition) is 5. The number of aromatic nitrogens is 2. The molecule has 4 rings (SSSR count). The Morgan fingerprint density at radius 2 is 1.97 bits per heavy atom. The maximum atomic E-state index is 13.0. The zero-order valence-electron chi connectivity index (χ0n) is 18.3. The van der Waals surface area contributed by atoms with Crippen LogP contribution in [0.5, 0.6) is 0 Å². The van der Waals surface area contributed by atoms with E-state index in [0.717, 1.165) is 42.5 Å². The van der Waals surface area contributed by atoms with Crippen LogP contribution in [-0.4, -0.2) is 34.0 Å². The lowest BCUT2D eigenvalue weighted by Gasteiger charge is -2.32. The Hall–Kier alpha value is -2.99. The van der Waals surface area contributed by atoms with E-state index in [1.807, 2.05) is 49.4 Å². The molecule has 2 aromatic carbocycles. The first-order valence-electron chi connectivity index (χ1n) is 11.1.